The maximum absolute atomic E-state index is 9.24. The molecule has 1 aromatic rings. The third-order valence-corrected chi connectivity index (χ3v) is 3.13. The molecule has 1 N–H and O–H groups in total. The second kappa shape index (κ2) is 5.03. The number of rotatable bonds is 2. The molecular formula is C11H16IN3O2. The number of aromatic nitrogens is 2. The summed E-state index contributed by atoms with van der Waals surface area (Å²) >= 11 is 2.18. The monoisotopic (exact) mass is 349 g/mol. The molecule has 0 aliphatic carbocycles. The summed E-state index contributed by atoms with van der Waals surface area (Å²) in [5.41, 5.74) is -0.294. The van der Waals surface area contributed by atoms with Gasteiger partial charge in [-0.3, -0.25) is 0 Å². The largest absolute Gasteiger partial charge is 0.394 e. The molecule has 1 fully saturated rings. The molecule has 5 nitrogen and oxygen atoms in total. The van der Waals surface area contributed by atoms with Gasteiger partial charge in [-0.1, -0.05) is 0 Å². The molecule has 0 radical (unpaired) electrons. The highest BCUT2D eigenvalue weighted by atomic mass is 127. The average molecular weight is 349 g/mol. The van der Waals surface area contributed by atoms with Crippen LogP contribution in [0.25, 0.3) is 0 Å². The molecule has 0 bridgehead atoms. The van der Waals surface area contributed by atoms with E-state index in [2.05, 4.69) is 37.5 Å². The fourth-order valence-corrected chi connectivity index (χ4v) is 2.29. The van der Waals surface area contributed by atoms with Crippen LogP contribution in [0.4, 0.5) is 5.95 Å². The highest BCUT2D eigenvalue weighted by Gasteiger charge is 2.34. The van der Waals surface area contributed by atoms with Crippen molar-refractivity contribution >= 4 is 28.5 Å². The summed E-state index contributed by atoms with van der Waals surface area (Å²) in [4.78, 5) is 10.7. The lowest BCUT2D eigenvalue weighted by Gasteiger charge is -2.42. The van der Waals surface area contributed by atoms with Crippen LogP contribution >= 0.6 is 22.6 Å². The third kappa shape index (κ3) is 3.26. The molecule has 1 saturated heterocycles. The Bertz CT molecular complexity index is 383. The molecule has 2 rings (SSSR count). The number of anilines is 1. The molecule has 1 aliphatic heterocycles. The summed E-state index contributed by atoms with van der Waals surface area (Å²) < 4.78 is 6.76. The van der Waals surface area contributed by atoms with Crippen molar-refractivity contribution in [1.29, 1.82) is 0 Å². The lowest BCUT2D eigenvalue weighted by atomic mass is 10.1. The molecule has 2 heterocycles. The lowest BCUT2D eigenvalue weighted by Crippen LogP contribution is -2.54. The Kier molecular flexibility index (Phi) is 3.84. The fourth-order valence-electron chi connectivity index (χ4n) is 2.01. The molecule has 0 saturated carbocycles. The van der Waals surface area contributed by atoms with Crippen LogP contribution in [0.2, 0.25) is 0 Å². The SMILES string of the molecule is CC1(C)CN(c2ncc(I)cn2)CC(CO)O1. The number of morpholine rings is 1. The van der Waals surface area contributed by atoms with Crippen LogP contribution in [0.5, 0.6) is 0 Å². The molecule has 0 spiro atoms. The Morgan fingerprint density at radius 3 is 2.76 bits per heavy atom. The van der Waals surface area contributed by atoms with Crippen molar-refractivity contribution in [1.82, 2.24) is 9.97 Å². The minimum atomic E-state index is -0.294. The van der Waals surface area contributed by atoms with Gasteiger partial charge in [0, 0.05) is 29.1 Å². The molecule has 94 valence electrons. The van der Waals surface area contributed by atoms with Gasteiger partial charge in [0.15, 0.2) is 0 Å². The van der Waals surface area contributed by atoms with Crippen molar-refractivity contribution in [2.75, 3.05) is 24.6 Å². The minimum Gasteiger partial charge on any atom is -0.394 e. The van der Waals surface area contributed by atoms with E-state index in [4.69, 9.17) is 4.74 Å². The van der Waals surface area contributed by atoms with E-state index >= 15 is 0 Å². The first-order valence-corrected chi connectivity index (χ1v) is 6.59. The van der Waals surface area contributed by atoms with Crippen molar-refractivity contribution < 1.29 is 9.84 Å². The van der Waals surface area contributed by atoms with E-state index in [-0.39, 0.29) is 18.3 Å². The predicted octanol–water partition coefficient (Wildman–Crippen LogP) is 1.06. The van der Waals surface area contributed by atoms with E-state index in [1.54, 1.807) is 12.4 Å². The number of ether oxygens (including phenoxy) is 1. The molecule has 1 atom stereocenters. The van der Waals surface area contributed by atoms with E-state index in [0.717, 1.165) is 10.1 Å². The van der Waals surface area contributed by atoms with Gasteiger partial charge in [0.05, 0.1) is 18.3 Å². The second-order valence-electron chi connectivity index (χ2n) is 4.76. The highest BCUT2D eigenvalue weighted by molar-refractivity contribution is 14.1. The van der Waals surface area contributed by atoms with Gasteiger partial charge in [0.25, 0.3) is 0 Å². The van der Waals surface area contributed by atoms with Crippen molar-refractivity contribution in [2.24, 2.45) is 0 Å². The van der Waals surface area contributed by atoms with Crippen LogP contribution in [0.3, 0.4) is 0 Å². The van der Waals surface area contributed by atoms with Crippen molar-refractivity contribution in [3.8, 4) is 0 Å². The zero-order valence-corrected chi connectivity index (χ0v) is 12.1. The van der Waals surface area contributed by atoms with Crippen molar-refractivity contribution in [2.45, 2.75) is 25.6 Å². The highest BCUT2D eigenvalue weighted by Crippen LogP contribution is 2.23. The Balaban J connectivity index is 2.17. The first kappa shape index (κ1) is 13.0. The number of nitrogens with zero attached hydrogens (tertiary/aromatic N) is 3. The standard InChI is InChI=1S/C11H16IN3O2/c1-11(2)7-15(5-9(6-16)17-11)10-13-3-8(12)4-14-10/h3-4,9,16H,5-7H2,1-2H3. The average Bonchev–Trinajstić information content (AvgIpc) is 2.27. The molecule has 0 amide bonds. The number of aliphatic hydroxyl groups excluding tert-OH is 1. The Hall–Kier alpha value is -0.470. The van der Waals surface area contributed by atoms with Gasteiger partial charge < -0.3 is 14.7 Å². The van der Waals surface area contributed by atoms with E-state index in [9.17, 15) is 5.11 Å². The van der Waals surface area contributed by atoms with E-state index in [1.165, 1.54) is 0 Å². The van der Waals surface area contributed by atoms with Crippen LogP contribution in [-0.2, 0) is 4.74 Å². The smallest absolute Gasteiger partial charge is 0.225 e. The number of aliphatic hydroxyl groups is 1. The van der Waals surface area contributed by atoms with Crippen LogP contribution in [0, 0.1) is 3.57 Å². The first-order chi connectivity index (χ1) is 8.00. The van der Waals surface area contributed by atoms with Crippen LogP contribution in [0.15, 0.2) is 12.4 Å². The first-order valence-electron chi connectivity index (χ1n) is 5.51. The summed E-state index contributed by atoms with van der Waals surface area (Å²) in [6.07, 6.45) is 3.40. The van der Waals surface area contributed by atoms with Gasteiger partial charge in [-0.25, -0.2) is 9.97 Å². The second-order valence-corrected chi connectivity index (χ2v) is 6.01. The number of hydrogen-bond acceptors (Lipinski definition) is 5. The summed E-state index contributed by atoms with van der Waals surface area (Å²) in [7, 11) is 0. The molecule has 1 aliphatic rings. The maximum atomic E-state index is 9.24. The van der Waals surface area contributed by atoms with Crippen LogP contribution in [0.1, 0.15) is 13.8 Å². The van der Waals surface area contributed by atoms with Crippen LogP contribution < -0.4 is 4.90 Å². The zero-order valence-electron chi connectivity index (χ0n) is 9.93. The quantitative estimate of drug-likeness (QED) is 0.810. The van der Waals surface area contributed by atoms with E-state index in [1.807, 2.05) is 13.8 Å². The normalized spacial score (nSPS) is 23.8. The molecule has 1 unspecified atom stereocenters. The van der Waals surface area contributed by atoms with Gasteiger partial charge in [-0.05, 0) is 36.4 Å². The predicted molar refractivity (Wildman–Crippen MR) is 73.0 cm³/mol. The summed E-state index contributed by atoms with van der Waals surface area (Å²) in [5, 5.41) is 9.24. The molecular weight excluding hydrogens is 333 g/mol. The fraction of sp³-hybridized carbons (Fsp3) is 0.636. The van der Waals surface area contributed by atoms with E-state index < -0.39 is 0 Å². The van der Waals surface area contributed by atoms with Crippen LogP contribution in [-0.4, -0.2) is 46.5 Å². The third-order valence-electron chi connectivity index (χ3n) is 2.57. The molecule has 0 aromatic carbocycles. The lowest BCUT2D eigenvalue weighted by molar-refractivity contribution is -0.101. The zero-order chi connectivity index (χ0) is 12.5. The maximum Gasteiger partial charge on any atom is 0.225 e. The summed E-state index contributed by atoms with van der Waals surface area (Å²) in [5.74, 6) is 0.695. The molecule has 1 aromatic heterocycles. The van der Waals surface area contributed by atoms with Crippen molar-refractivity contribution in [3.63, 3.8) is 0 Å². The summed E-state index contributed by atoms with van der Waals surface area (Å²) in [6, 6.07) is 0. The van der Waals surface area contributed by atoms with Gasteiger partial charge in [0.1, 0.15) is 0 Å². The Morgan fingerprint density at radius 2 is 2.18 bits per heavy atom. The Labute approximate surface area is 114 Å². The number of hydrogen-bond donors (Lipinski definition) is 1. The Morgan fingerprint density at radius 1 is 1.53 bits per heavy atom. The van der Waals surface area contributed by atoms with Gasteiger partial charge in [-0.15, -0.1) is 0 Å². The molecule has 17 heavy (non-hydrogen) atoms. The minimum absolute atomic E-state index is 0.0182. The molecule has 6 heteroatoms. The van der Waals surface area contributed by atoms with E-state index in [0.29, 0.717) is 12.5 Å². The van der Waals surface area contributed by atoms with Gasteiger partial charge in [-0.2, -0.15) is 0 Å². The summed E-state index contributed by atoms with van der Waals surface area (Å²) in [6.45, 7) is 5.39. The number of halogens is 1. The van der Waals surface area contributed by atoms with Gasteiger partial charge >= 0.3 is 0 Å². The van der Waals surface area contributed by atoms with Gasteiger partial charge in [0.2, 0.25) is 5.95 Å². The topological polar surface area (TPSA) is 58.5 Å². The van der Waals surface area contributed by atoms with Crippen molar-refractivity contribution in [3.05, 3.63) is 16.0 Å².